The first-order chi connectivity index (χ1) is 8.51. The van der Waals surface area contributed by atoms with Gasteiger partial charge in [-0.1, -0.05) is 44.2 Å². The predicted octanol–water partition coefficient (Wildman–Crippen LogP) is 3.06. The molecule has 1 fully saturated rings. The minimum atomic E-state index is -0.497. The fourth-order valence-corrected chi connectivity index (χ4v) is 3.09. The molecule has 2 atom stereocenters. The Labute approximate surface area is 111 Å². The Morgan fingerprint density at radius 1 is 1.33 bits per heavy atom. The van der Waals surface area contributed by atoms with Crippen molar-refractivity contribution in [3.8, 4) is 0 Å². The molecule has 1 aliphatic rings. The van der Waals surface area contributed by atoms with Crippen molar-refractivity contribution in [1.29, 1.82) is 0 Å². The van der Waals surface area contributed by atoms with Crippen molar-refractivity contribution in [3.63, 3.8) is 0 Å². The maximum atomic E-state index is 10.7. The molecule has 0 radical (unpaired) electrons. The number of benzene rings is 1. The molecule has 1 saturated heterocycles. The van der Waals surface area contributed by atoms with Crippen LogP contribution in [0.1, 0.15) is 39.2 Å². The van der Waals surface area contributed by atoms with E-state index in [1.807, 2.05) is 6.07 Å². The number of likely N-dealkylation sites (tertiary alicyclic amines) is 1. The van der Waals surface area contributed by atoms with E-state index in [9.17, 15) is 5.11 Å². The second kappa shape index (κ2) is 5.41. The molecule has 1 aliphatic heterocycles. The molecule has 2 rings (SSSR count). The highest BCUT2D eigenvalue weighted by Crippen LogP contribution is 2.34. The van der Waals surface area contributed by atoms with Crippen LogP contribution in [0.4, 0.5) is 0 Å². The van der Waals surface area contributed by atoms with Gasteiger partial charge in [-0.15, -0.1) is 0 Å². The number of nitrogens with zero attached hydrogens (tertiary/aromatic N) is 1. The van der Waals surface area contributed by atoms with Crippen LogP contribution in [0.5, 0.6) is 0 Å². The first kappa shape index (κ1) is 13.6. The molecule has 0 aromatic heterocycles. The first-order valence-electron chi connectivity index (χ1n) is 7.01. The minimum absolute atomic E-state index is 0.250. The van der Waals surface area contributed by atoms with Gasteiger partial charge in [0, 0.05) is 19.1 Å². The molecular weight excluding hydrogens is 222 g/mol. The van der Waals surface area contributed by atoms with Crippen molar-refractivity contribution in [2.24, 2.45) is 5.92 Å². The van der Waals surface area contributed by atoms with Crippen molar-refractivity contribution >= 4 is 0 Å². The Balaban J connectivity index is 2.01. The molecular formula is C16H25NO. The van der Waals surface area contributed by atoms with Crippen molar-refractivity contribution in [2.75, 3.05) is 6.54 Å². The van der Waals surface area contributed by atoms with Gasteiger partial charge in [-0.2, -0.15) is 0 Å². The predicted molar refractivity (Wildman–Crippen MR) is 75.3 cm³/mol. The molecule has 0 aliphatic carbocycles. The van der Waals surface area contributed by atoms with Crippen LogP contribution in [0.2, 0.25) is 0 Å². The molecule has 0 saturated carbocycles. The zero-order chi connectivity index (χ0) is 13.2. The SMILES string of the molecule is CC(C)CC1(O)CCN(Cc2ccccc2)C1C. The van der Waals surface area contributed by atoms with E-state index >= 15 is 0 Å². The van der Waals surface area contributed by atoms with Gasteiger partial charge in [0.25, 0.3) is 0 Å². The average Bonchev–Trinajstić information content (AvgIpc) is 2.58. The smallest absolute Gasteiger partial charge is 0.0814 e. The van der Waals surface area contributed by atoms with E-state index < -0.39 is 5.60 Å². The Hall–Kier alpha value is -0.860. The molecule has 1 heterocycles. The van der Waals surface area contributed by atoms with Crippen molar-refractivity contribution in [1.82, 2.24) is 4.90 Å². The monoisotopic (exact) mass is 247 g/mol. The fourth-order valence-electron chi connectivity index (χ4n) is 3.09. The number of aliphatic hydroxyl groups is 1. The molecule has 2 unspecified atom stereocenters. The second-order valence-corrected chi connectivity index (χ2v) is 6.08. The highest BCUT2D eigenvalue weighted by atomic mass is 16.3. The number of hydrogen-bond donors (Lipinski definition) is 1. The molecule has 0 bridgehead atoms. The molecule has 100 valence electrons. The Kier molecular flexibility index (Phi) is 4.08. The lowest BCUT2D eigenvalue weighted by Crippen LogP contribution is -2.43. The summed E-state index contributed by atoms with van der Waals surface area (Å²) in [4.78, 5) is 2.40. The van der Waals surface area contributed by atoms with Gasteiger partial charge in [0.05, 0.1) is 5.60 Å². The van der Waals surface area contributed by atoms with Crippen molar-refractivity contribution in [3.05, 3.63) is 35.9 Å². The zero-order valence-electron chi connectivity index (χ0n) is 11.8. The van der Waals surface area contributed by atoms with Gasteiger partial charge in [0.2, 0.25) is 0 Å². The summed E-state index contributed by atoms with van der Waals surface area (Å²) in [6.07, 6.45) is 1.80. The summed E-state index contributed by atoms with van der Waals surface area (Å²) in [5.74, 6) is 0.550. The Bertz CT molecular complexity index is 376. The highest BCUT2D eigenvalue weighted by Gasteiger charge is 2.43. The maximum absolute atomic E-state index is 10.7. The third-order valence-corrected chi connectivity index (χ3v) is 4.15. The van der Waals surface area contributed by atoms with Crippen molar-refractivity contribution in [2.45, 2.75) is 51.8 Å². The first-order valence-corrected chi connectivity index (χ1v) is 7.01. The van der Waals surface area contributed by atoms with E-state index in [4.69, 9.17) is 0 Å². The summed E-state index contributed by atoms with van der Waals surface area (Å²) >= 11 is 0. The quantitative estimate of drug-likeness (QED) is 0.884. The second-order valence-electron chi connectivity index (χ2n) is 6.08. The molecule has 2 heteroatoms. The van der Waals surface area contributed by atoms with Crippen LogP contribution in [0.3, 0.4) is 0 Å². The standard InChI is InChI=1S/C16H25NO/c1-13(2)11-16(18)9-10-17(14(16)3)12-15-7-5-4-6-8-15/h4-8,13-14,18H,9-12H2,1-3H3. The van der Waals surface area contributed by atoms with E-state index in [-0.39, 0.29) is 6.04 Å². The molecule has 1 aromatic rings. The lowest BCUT2D eigenvalue weighted by atomic mass is 9.86. The van der Waals surface area contributed by atoms with Crippen LogP contribution >= 0.6 is 0 Å². The van der Waals surface area contributed by atoms with Crippen LogP contribution in [0.15, 0.2) is 30.3 Å². The third kappa shape index (κ3) is 2.93. The number of hydrogen-bond acceptors (Lipinski definition) is 2. The van der Waals surface area contributed by atoms with Crippen LogP contribution in [-0.4, -0.2) is 28.2 Å². The minimum Gasteiger partial charge on any atom is -0.388 e. The summed E-state index contributed by atoms with van der Waals surface area (Å²) in [7, 11) is 0. The highest BCUT2D eigenvalue weighted by molar-refractivity contribution is 5.15. The topological polar surface area (TPSA) is 23.5 Å². The van der Waals surface area contributed by atoms with Gasteiger partial charge in [-0.3, -0.25) is 4.90 Å². The lowest BCUT2D eigenvalue weighted by Gasteiger charge is -2.32. The molecule has 1 aromatic carbocycles. The van der Waals surface area contributed by atoms with Crippen LogP contribution in [0.25, 0.3) is 0 Å². The number of rotatable bonds is 4. The Morgan fingerprint density at radius 3 is 2.61 bits per heavy atom. The van der Waals surface area contributed by atoms with Gasteiger partial charge in [-0.05, 0) is 31.2 Å². The molecule has 18 heavy (non-hydrogen) atoms. The summed E-state index contributed by atoms with van der Waals surface area (Å²) in [6, 6.07) is 10.8. The van der Waals surface area contributed by atoms with Crippen LogP contribution in [-0.2, 0) is 6.54 Å². The summed E-state index contributed by atoms with van der Waals surface area (Å²) in [6.45, 7) is 8.48. The largest absolute Gasteiger partial charge is 0.388 e. The van der Waals surface area contributed by atoms with Gasteiger partial charge in [0.1, 0.15) is 0 Å². The van der Waals surface area contributed by atoms with Crippen molar-refractivity contribution < 1.29 is 5.11 Å². The summed E-state index contributed by atoms with van der Waals surface area (Å²) in [5, 5.41) is 10.7. The van der Waals surface area contributed by atoms with E-state index in [1.165, 1.54) is 5.56 Å². The molecule has 0 spiro atoms. The van der Waals surface area contributed by atoms with E-state index in [1.54, 1.807) is 0 Å². The van der Waals surface area contributed by atoms with Gasteiger partial charge < -0.3 is 5.11 Å². The van der Waals surface area contributed by atoms with E-state index in [0.29, 0.717) is 5.92 Å². The van der Waals surface area contributed by atoms with Gasteiger partial charge in [0.15, 0.2) is 0 Å². The maximum Gasteiger partial charge on any atom is 0.0814 e. The average molecular weight is 247 g/mol. The summed E-state index contributed by atoms with van der Waals surface area (Å²) in [5.41, 5.74) is 0.835. The summed E-state index contributed by atoms with van der Waals surface area (Å²) < 4.78 is 0. The normalized spacial score (nSPS) is 29.1. The molecule has 0 amide bonds. The van der Waals surface area contributed by atoms with Crippen LogP contribution < -0.4 is 0 Å². The molecule has 1 N–H and O–H groups in total. The lowest BCUT2D eigenvalue weighted by molar-refractivity contribution is -0.00835. The Morgan fingerprint density at radius 2 is 2.00 bits per heavy atom. The molecule has 2 nitrogen and oxygen atoms in total. The zero-order valence-corrected chi connectivity index (χ0v) is 11.8. The van der Waals surface area contributed by atoms with Crippen LogP contribution in [0, 0.1) is 5.92 Å². The van der Waals surface area contributed by atoms with Gasteiger partial charge in [-0.25, -0.2) is 0 Å². The van der Waals surface area contributed by atoms with E-state index in [2.05, 4.69) is 49.9 Å². The fraction of sp³-hybridized carbons (Fsp3) is 0.625. The van der Waals surface area contributed by atoms with Gasteiger partial charge >= 0.3 is 0 Å². The van der Waals surface area contributed by atoms with E-state index in [0.717, 1.165) is 25.9 Å². The third-order valence-electron chi connectivity index (χ3n) is 4.15.